The van der Waals surface area contributed by atoms with Gasteiger partial charge in [-0.25, -0.2) is 0 Å². The normalized spacial score (nSPS) is 13.9. The van der Waals surface area contributed by atoms with Crippen LogP contribution in [0.15, 0.2) is 42.5 Å². The molecule has 0 saturated heterocycles. The molecule has 1 unspecified atom stereocenters. The molecule has 4 heteroatoms. The lowest BCUT2D eigenvalue weighted by Crippen LogP contribution is -2.08. The highest BCUT2D eigenvalue weighted by Gasteiger charge is 2.19. The van der Waals surface area contributed by atoms with E-state index in [0.29, 0.717) is 5.56 Å². The van der Waals surface area contributed by atoms with E-state index in [4.69, 9.17) is 4.55 Å². The maximum atomic E-state index is 11.0. The van der Waals surface area contributed by atoms with E-state index in [1.807, 2.05) is 30.3 Å². The monoisotopic (exact) mass is 236 g/mol. The third kappa shape index (κ3) is 2.08. The van der Waals surface area contributed by atoms with Gasteiger partial charge >= 0.3 is 0 Å². The molecule has 0 spiro atoms. The van der Waals surface area contributed by atoms with Gasteiger partial charge in [-0.3, -0.25) is 4.55 Å². The van der Waals surface area contributed by atoms with Crippen molar-refractivity contribution < 1.29 is 13.0 Å². The fourth-order valence-corrected chi connectivity index (χ4v) is 2.12. The first-order chi connectivity index (χ1) is 7.48. The first kappa shape index (κ1) is 11.1. The predicted molar refractivity (Wildman–Crippen MR) is 63.9 cm³/mol. The molecule has 2 rings (SSSR count). The summed E-state index contributed by atoms with van der Waals surface area (Å²) in [5.41, 5.74) is 0.598. The molecule has 0 fully saturated rings. The molecule has 0 aliphatic heterocycles. The van der Waals surface area contributed by atoms with Crippen LogP contribution in [0, 0.1) is 0 Å². The van der Waals surface area contributed by atoms with Crippen molar-refractivity contribution in [2.45, 2.75) is 12.2 Å². The number of hydrogen-bond donors (Lipinski definition) is 1. The van der Waals surface area contributed by atoms with E-state index in [1.165, 1.54) is 6.92 Å². The molecule has 0 radical (unpaired) electrons. The highest BCUT2D eigenvalue weighted by atomic mass is 32.2. The second kappa shape index (κ2) is 3.88. The van der Waals surface area contributed by atoms with Gasteiger partial charge in [0, 0.05) is 0 Å². The number of benzene rings is 2. The lowest BCUT2D eigenvalue weighted by Gasteiger charge is -2.09. The van der Waals surface area contributed by atoms with Crippen molar-refractivity contribution in [2.24, 2.45) is 0 Å². The standard InChI is InChI=1S/C12H12O3S/c1-9(16(13,14)15)11-7-6-10-4-2-3-5-12(10)8-11/h2-9H,1H3,(H,13,14,15). The Balaban J connectivity index is 2.55. The van der Waals surface area contributed by atoms with E-state index in [0.717, 1.165) is 10.8 Å². The summed E-state index contributed by atoms with van der Waals surface area (Å²) in [6.07, 6.45) is 0. The van der Waals surface area contributed by atoms with Gasteiger partial charge in [0.15, 0.2) is 0 Å². The van der Waals surface area contributed by atoms with Gasteiger partial charge in [0.25, 0.3) is 10.1 Å². The summed E-state index contributed by atoms with van der Waals surface area (Å²) >= 11 is 0. The molecule has 2 aromatic carbocycles. The van der Waals surface area contributed by atoms with E-state index >= 15 is 0 Å². The fraction of sp³-hybridized carbons (Fsp3) is 0.167. The highest BCUT2D eigenvalue weighted by Crippen LogP contribution is 2.24. The summed E-state index contributed by atoms with van der Waals surface area (Å²) in [5, 5.41) is 1.13. The first-order valence-corrected chi connectivity index (χ1v) is 6.44. The number of fused-ring (bicyclic) bond motifs is 1. The quantitative estimate of drug-likeness (QED) is 0.816. The maximum Gasteiger partial charge on any atom is 0.271 e. The molecule has 2 aromatic rings. The van der Waals surface area contributed by atoms with E-state index in [2.05, 4.69) is 0 Å². The molecular weight excluding hydrogens is 224 g/mol. The second-order valence-electron chi connectivity index (χ2n) is 3.76. The van der Waals surface area contributed by atoms with Crippen molar-refractivity contribution >= 4 is 20.9 Å². The van der Waals surface area contributed by atoms with Gasteiger partial charge in [-0.1, -0.05) is 36.4 Å². The molecular formula is C12H12O3S. The average Bonchev–Trinajstić information content (AvgIpc) is 2.26. The fourth-order valence-electron chi connectivity index (χ4n) is 1.63. The molecule has 0 amide bonds. The first-order valence-electron chi connectivity index (χ1n) is 4.93. The third-order valence-corrected chi connectivity index (χ3v) is 3.86. The molecule has 16 heavy (non-hydrogen) atoms. The van der Waals surface area contributed by atoms with Crippen LogP contribution >= 0.6 is 0 Å². The van der Waals surface area contributed by atoms with Gasteiger partial charge < -0.3 is 0 Å². The summed E-state index contributed by atoms with van der Waals surface area (Å²) in [6, 6.07) is 13.0. The van der Waals surface area contributed by atoms with Crippen molar-refractivity contribution in [1.29, 1.82) is 0 Å². The average molecular weight is 236 g/mol. The summed E-state index contributed by atoms with van der Waals surface area (Å²) in [5.74, 6) is 0. The van der Waals surface area contributed by atoms with Crippen LogP contribution in [0.1, 0.15) is 17.7 Å². The Kier molecular flexibility index (Phi) is 2.69. The smallest absolute Gasteiger partial charge is 0.271 e. The van der Waals surface area contributed by atoms with Crippen LogP contribution in [-0.2, 0) is 10.1 Å². The lowest BCUT2D eigenvalue weighted by atomic mass is 10.1. The van der Waals surface area contributed by atoms with Crippen LogP contribution in [0.25, 0.3) is 10.8 Å². The van der Waals surface area contributed by atoms with E-state index < -0.39 is 15.4 Å². The SMILES string of the molecule is CC(c1ccc2ccccc2c1)S(=O)(=O)O. The Hall–Kier alpha value is -1.39. The van der Waals surface area contributed by atoms with Crippen LogP contribution in [0.5, 0.6) is 0 Å². The molecule has 0 bridgehead atoms. The molecule has 0 aliphatic carbocycles. The molecule has 84 valence electrons. The lowest BCUT2D eigenvalue weighted by molar-refractivity contribution is 0.472. The summed E-state index contributed by atoms with van der Waals surface area (Å²) in [4.78, 5) is 0. The molecule has 0 heterocycles. The van der Waals surface area contributed by atoms with Crippen LogP contribution in [-0.4, -0.2) is 13.0 Å². The molecule has 0 aliphatic rings. The Labute approximate surface area is 94.5 Å². The Bertz CT molecular complexity index is 617. The predicted octanol–water partition coefficient (Wildman–Crippen LogP) is 2.79. The molecule has 1 atom stereocenters. The van der Waals surface area contributed by atoms with Crippen LogP contribution < -0.4 is 0 Å². The van der Waals surface area contributed by atoms with Crippen molar-refractivity contribution in [3.8, 4) is 0 Å². The van der Waals surface area contributed by atoms with Gasteiger partial charge in [-0.15, -0.1) is 0 Å². The highest BCUT2D eigenvalue weighted by molar-refractivity contribution is 7.86. The third-order valence-electron chi connectivity index (χ3n) is 2.69. The Morgan fingerprint density at radius 2 is 1.69 bits per heavy atom. The van der Waals surface area contributed by atoms with E-state index in [1.54, 1.807) is 12.1 Å². The summed E-state index contributed by atoms with van der Waals surface area (Å²) < 4.78 is 31.0. The van der Waals surface area contributed by atoms with Crippen molar-refractivity contribution in [1.82, 2.24) is 0 Å². The van der Waals surface area contributed by atoms with Crippen LogP contribution in [0.3, 0.4) is 0 Å². The van der Waals surface area contributed by atoms with Crippen molar-refractivity contribution in [3.05, 3.63) is 48.0 Å². The minimum absolute atomic E-state index is 0.598. The minimum atomic E-state index is -4.02. The summed E-state index contributed by atoms with van der Waals surface area (Å²) in [7, 11) is -4.02. The van der Waals surface area contributed by atoms with Crippen LogP contribution in [0.4, 0.5) is 0 Å². The molecule has 1 N–H and O–H groups in total. The minimum Gasteiger partial charge on any atom is -0.285 e. The maximum absolute atomic E-state index is 11.0. The van der Waals surface area contributed by atoms with Gasteiger partial charge in [-0.2, -0.15) is 8.42 Å². The van der Waals surface area contributed by atoms with Gasteiger partial charge in [0.2, 0.25) is 0 Å². The molecule has 0 saturated carbocycles. The van der Waals surface area contributed by atoms with E-state index in [-0.39, 0.29) is 0 Å². The largest absolute Gasteiger partial charge is 0.285 e. The molecule has 3 nitrogen and oxygen atoms in total. The number of hydrogen-bond acceptors (Lipinski definition) is 2. The number of rotatable bonds is 2. The van der Waals surface area contributed by atoms with Gasteiger partial charge in [0.1, 0.15) is 5.25 Å². The Morgan fingerprint density at radius 3 is 2.31 bits per heavy atom. The summed E-state index contributed by atoms with van der Waals surface area (Å²) in [6.45, 7) is 1.47. The van der Waals surface area contributed by atoms with Crippen molar-refractivity contribution in [3.63, 3.8) is 0 Å². The van der Waals surface area contributed by atoms with Gasteiger partial charge in [-0.05, 0) is 29.3 Å². The second-order valence-corrected chi connectivity index (χ2v) is 5.50. The topological polar surface area (TPSA) is 54.4 Å². The van der Waals surface area contributed by atoms with Crippen LogP contribution in [0.2, 0.25) is 0 Å². The Morgan fingerprint density at radius 1 is 1.06 bits per heavy atom. The zero-order chi connectivity index (χ0) is 11.8. The van der Waals surface area contributed by atoms with Gasteiger partial charge in [0.05, 0.1) is 0 Å². The zero-order valence-corrected chi connectivity index (χ0v) is 9.61. The van der Waals surface area contributed by atoms with E-state index in [9.17, 15) is 8.42 Å². The van der Waals surface area contributed by atoms with Crippen molar-refractivity contribution in [2.75, 3.05) is 0 Å². The molecule has 0 aromatic heterocycles. The zero-order valence-electron chi connectivity index (χ0n) is 8.79.